The Labute approximate surface area is 102 Å². The van der Waals surface area contributed by atoms with Crippen molar-refractivity contribution in [3.63, 3.8) is 0 Å². The highest BCUT2D eigenvalue weighted by Gasteiger charge is 2.39. The minimum atomic E-state index is -0.178. The molecule has 0 amide bonds. The maximum Gasteiger partial charge on any atom is 0.119 e. The molecule has 1 aliphatic rings. The second-order valence-corrected chi connectivity index (χ2v) is 4.83. The molecule has 0 aliphatic carbocycles. The molecule has 1 N–H and O–H groups in total. The van der Waals surface area contributed by atoms with Crippen molar-refractivity contribution in [1.82, 2.24) is 0 Å². The van der Waals surface area contributed by atoms with E-state index >= 15 is 0 Å². The Kier molecular flexibility index (Phi) is 4.02. The molecular formula is C14H20O3. The van der Waals surface area contributed by atoms with Crippen LogP contribution in [0.3, 0.4) is 0 Å². The van der Waals surface area contributed by atoms with Gasteiger partial charge in [0.15, 0.2) is 0 Å². The summed E-state index contributed by atoms with van der Waals surface area (Å²) in [5.41, 5.74) is 1.16. The molecule has 2 rings (SSSR count). The van der Waals surface area contributed by atoms with E-state index in [1.165, 1.54) is 5.56 Å². The van der Waals surface area contributed by atoms with Crippen LogP contribution in [0, 0.1) is 5.41 Å². The first-order valence-electron chi connectivity index (χ1n) is 6.18. The molecule has 17 heavy (non-hydrogen) atoms. The van der Waals surface area contributed by atoms with E-state index in [2.05, 4.69) is 19.1 Å². The van der Waals surface area contributed by atoms with Gasteiger partial charge in [0.1, 0.15) is 12.4 Å². The summed E-state index contributed by atoms with van der Waals surface area (Å²) in [7, 11) is 0. The van der Waals surface area contributed by atoms with Gasteiger partial charge in [0, 0.05) is 0 Å². The number of hydrogen-bond donors (Lipinski definition) is 1. The molecular weight excluding hydrogens is 216 g/mol. The first-order valence-corrected chi connectivity index (χ1v) is 6.18. The summed E-state index contributed by atoms with van der Waals surface area (Å²) in [6, 6.07) is 8.19. The smallest absolute Gasteiger partial charge is 0.119 e. The quantitative estimate of drug-likeness (QED) is 0.821. The van der Waals surface area contributed by atoms with Crippen molar-refractivity contribution in [2.75, 3.05) is 26.4 Å². The van der Waals surface area contributed by atoms with Gasteiger partial charge in [-0.3, -0.25) is 0 Å². The van der Waals surface area contributed by atoms with E-state index in [1.807, 2.05) is 12.1 Å². The minimum Gasteiger partial charge on any atom is -0.493 e. The lowest BCUT2D eigenvalue weighted by molar-refractivity contribution is -0.153. The van der Waals surface area contributed by atoms with Gasteiger partial charge in [0.25, 0.3) is 0 Å². The molecule has 0 unspecified atom stereocenters. The number of ether oxygens (including phenoxy) is 2. The predicted octanol–water partition coefficient (Wildman–Crippen LogP) is 2.03. The van der Waals surface area contributed by atoms with Crippen LogP contribution in [0.25, 0.3) is 0 Å². The number of aliphatic hydroxyl groups excluding tert-OH is 1. The van der Waals surface area contributed by atoms with E-state index in [4.69, 9.17) is 9.47 Å². The fourth-order valence-corrected chi connectivity index (χ4v) is 1.89. The average Bonchev–Trinajstić information content (AvgIpc) is 2.31. The van der Waals surface area contributed by atoms with Crippen molar-refractivity contribution in [1.29, 1.82) is 0 Å². The Morgan fingerprint density at radius 2 is 2.00 bits per heavy atom. The van der Waals surface area contributed by atoms with Crippen molar-refractivity contribution in [3.8, 4) is 5.75 Å². The molecule has 94 valence electrons. The third-order valence-corrected chi connectivity index (χ3v) is 3.16. The fraction of sp³-hybridized carbons (Fsp3) is 0.571. The summed E-state index contributed by atoms with van der Waals surface area (Å²) in [5.74, 6) is 0.865. The minimum absolute atomic E-state index is 0.126. The van der Waals surface area contributed by atoms with Gasteiger partial charge in [-0.2, -0.15) is 0 Å². The van der Waals surface area contributed by atoms with Gasteiger partial charge >= 0.3 is 0 Å². The van der Waals surface area contributed by atoms with Gasteiger partial charge < -0.3 is 14.6 Å². The van der Waals surface area contributed by atoms with Gasteiger partial charge in [-0.15, -0.1) is 0 Å². The summed E-state index contributed by atoms with van der Waals surface area (Å²) in [5, 5.41) is 9.27. The van der Waals surface area contributed by atoms with Crippen LogP contribution in [0.2, 0.25) is 0 Å². The highest BCUT2D eigenvalue weighted by Crippen LogP contribution is 2.28. The molecule has 0 saturated carbocycles. The van der Waals surface area contributed by atoms with Crippen LogP contribution in [0.5, 0.6) is 5.75 Å². The third-order valence-electron chi connectivity index (χ3n) is 3.16. The van der Waals surface area contributed by atoms with E-state index in [-0.39, 0.29) is 12.0 Å². The molecule has 0 spiro atoms. The number of hydrogen-bond acceptors (Lipinski definition) is 3. The van der Waals surface area contributed by atoms with Crippen LogP contribution in [0.1, 0.15) is 18.9 Å². The molecule has 3 nitrogen and oxygen atoms in total. The second kappa shape index (κ2) is 5.52. The summed E-state index contributed by atoms with van der Waals surface area (Å²) in [6.45, 7) is 4.01. The van der Waals surface area contributed by atoms with Crippen LogP contribution >= 0.6 is 0 Å². The molecule has 1 aromatic rings. The number of aryl methyl sites for hydroxylation is 1. The highest BCUT2D eigenvalue weighted by molar-refractivity contribution is 5.27. The Hall–Kier alpha value is -1.06. The number of benzene rings is 1. The normalized spacial score (nSPS) is 17.5. The zero-order valence-corrected chi connectivity index (χ0v) is 10.3. The molecule has 0 radical (unpaired) electrons. The molecule has 1 aromatic carbocycles. The summed E-state index contributed by atoms with van der Waals surface area (Å²) < 4.78 is 10.8. The maximum atomic E-state index is 9.27. The number of aliphatic hydroxyl groups is 1. The van der Waals surface area contributed by atoms with E-state index in [0.29, 0.717) is 19.8 Å². The van der Waals surface area contributed by atoms with Gasteiger partial charge in [-0.25, -0.2) is 0 Å². The summed E-state index contributed by atoms with van der Waals surface area (Å²) >= 11 is 0. The Balaban J connectivity index is 1.86. The van der Waals surface area contributed by atoms with Crippen LogP contribution < -0.4 is 4.74 Å². The topological polar surface area (TPSA) is 38.7 Å². The lowest BCUT2D eigenvalue weighted by Gasteiger charge is -2.39. The van der Waals surface area contributed by atoms with Crippen molar-refractivity contribution < 1.29 is 14.6 Å². The Bertz CT molecular complexity index is 335. The Morgan fingerprint density at radius 3 is 2.47 bits per heavy atom. The lowest BCUT2D eigenvalue weighted by atomic mass is 9.88. The molecule has 1 saturated heterocycles. The van der Waals surface area contributed by atoms with Gasteiger partial charge in [-0.1, -0.05) is 25.5 Å². The largest absolute Gasteiger partial charge is 0.493 e. The molecule has 1 aliphatic heterocycles. The maximum absolute atomic E-state index is 9.27. The van der Waals surface area contributed by atoms with Crippen molar-refractivity contribution in [2.45, 2.75) is 19.8 Å². The summed E-state index contributed by atoms with van der Waals surface area (Å²) in [4.78, 5) is 0. The second-order valence-electron chi connectivity index (χ2n) is 4.83. The number of rotatable bonds is 6. The van der Waals surface area contributed by atoms with Gasteiger partial charge in [0.05, 0.1) is 25.2 Å². The van der Waals surface area contributed by atoms with Crippen molar-refractivity contribution in [2.24, 2.45) is 5.41 Å². The van der Waals surface area contributed by atoms with E-state index in [9.17, 15) is 5.11 Å². The first kappa shape index (κ1) is 12.4. The monoisotopic (exact) mass is 236 g/mol. The van der Waals surface area contributed by atoms with E-state index < -0.39 is 0 Å². The summed E-state index contributed by atoms with van der Waals surface area (Å²) in [6.07, 6.45) is 2.26. The molecule has 3 heteroatoms. The SMILES string of the molecule is CCCc1ccc(OCC2(CO)COC2)cc1. The van der Waals surface area contributed by atoms with E-state index in [1.54, 1.807) is 0 Å². The zero-order chi connectivity index (χ0) is 12.1. The lowest BCUT2D eigenvalue weighted by Crippen LogP contribution is -2.49. The van der Waals surface area contributed by atoms with Crippen LogP contribution in [-0.2, 0) is 11.2 Å². The van der Waals surface area contributed by atoms with Crippen LogP contribution in [-0.4, -0.2) is 31.5 Å². The standard InChI is InChI=1S/C14H20O3/c1-2-3-12-4-6-13(7-5-12)17-11-14(8-15)9-16-10-14/h4-7,15H,2-3,8-11H2,1H3. The predicted molar refractivity (Wildman–Crippen MR) is 66.3 cm³/mol. The molecule has 1 fully saturated rings. The van der Waals surface area contributed by atoms with E-state index in [0.717, 1.165) is 18.6 Å². The zero-order valence-electron chi connectivity index (χ0n) is 10.3. The van der Waals surface area contributed by atoms with Crippen LogP contribution in [0.15, 0.2) is 24.3 Å². The van der Waals surface area contributed by atoms with Crippen molar-refractivity contribution in [3.05, 3.63) is 29.8 Å². The first-order chi connectivity index (χ1) is 8.28. The molecule has 1 heterocycles. The highest BCUT2D eigenvalue weighted by atomic mass is 16.5. The third kappa shape index (κ3) is 2.99. The molecule has 0 bridgehead atoms. The van der Waals surface area contributed by atoms with Gasteiger partial charge in [-0.05, 0) is 24.1 Å². The molecule has 0 aromatic heterocycles. The average molecular weight is 236 g/mol. The van der Waals surface area contributed by atoms with Crippen LogP contribution in [0.4, 0.5) is 0 Å². The van der Waals surface area contributed by atoms with Gasteiger partial charge in [0.2, 0.25) is 0 Å². The Morgan fingerprint density at radius 1 is 1.29 bits per heavy atom. The molecule has 0 atom stereocenters. The van der Waals surface area contributed by atoms with Crippen molar-refractivity contribution >= 4 is 0 Å². The fourth-order valence-electron chi connectivity index (χ4n) is 1.89.